The van der Waals surface area contributed by atoms with Gasteiger partial charge in [-0.05, 0) is 67.0 Å². The molecule has 0 amide bonds. The average molecular weight is 273 g/mol. The minimum atomic E-state index is -0.814. The van der Waals surface area contributed by atoms with Crippen molar-refractivity contribution in [1.82, 2.24) is 15.1 Å². The molecule has 0 aliphatic heterocycles. The highest BCUT2D eigenvalue weighted by atomic mass is 16.4. The summed E-state index contributed by atoms with van der Waals surface area (Å²) in [5.41, 5.74) is -0.814. The first-order valence-electron chi connectivity index (χ1n) is 7.13. The van der Waals surface area contributed by atoms with Gasteiger partial charge in [-0.3, -0.25) is 4.79 Å². The standard InChI is InChI=1S/C14H31N3O2/c1-6-9-15-14(2,13(18)19)8-12-17(5)11-7-10-16(3)4/h15H,6-12H2,1-5H3,(H,18,19). The molecule has 0 rings (SSSR count). The van der Waals surface area contributed by atoms with Crippen LogP contribution in [0.25, 0.3) is 0 Å². The van der Waals surface area contributed by atoms with Gasteiger partial charge in [0.05, 0.1) is 0 Å². The van der Waals surface area contributed by atoms with E-state index in [1.165, 1.54) is 0 Å². The number of carbonyl (C=O) groups is 1. The van der Waals surface area contributed by atoms with Crippen molar-refractivity contribution >= 4 is 5.97 Å². The molecule has 2 N–H and O–H groups in total. The Labute approximate surface area is 118 Å². The van der Waals surface area contributed by atoms with Crippen LogP contribution in [-0.2, 0) is 4.79 Å². The minimum absolute atomic E-state index is 0.626. The van der Waals surface area contributed by atoms with E-state index in [0.717, 1.165) is 39.0 Å². The molecule has 0 spiro atoms. The van der Waals surface area contributed by atoms with Gasteiger partial charge in [0.15, 0.2) is 0 Å². The Bertz CT molecular complexity index is 259. The van der Waals surface area contributed by atoms with Crippen LogP contribution in [0.4, 0.5) is 0 Å². The summed E-state index contributed by atoms with van der Waals surface area (Å²) in [4.78, 5) is 15.7. The Morgan fingerprint density at radius 2 is 1.84 bits per heavy atom. The quantitative estimate of drug-likeness (QED) is 0.590. The lowest BCUT2D eigenvalue weighted by molar-refractivity contribution is -0.144. The zero-order valence-electron chi connectivity index (χ0n) is 13.2. The van der Waals surface area contributed by atoms with E-state index in [1.807, 2.05) is 6.92 Å². The first-order valence-corrected chi connectivity index (χ1v) is 7.13. The number of nitrogens with one attached hydrogen (secondary N) is 1. The topological polar surface area (TPSA) is 55.8 Å². The second kappa shape index (κ2) is 9.28. The molecule has 0 aromatic heterocycles. The van der Waals surface area contributed by atoms with Crippen LogP contribution in [0.15, 0.2) is 0 Å². The molecule has 0 aliphatic rings. The Morgan fingerprint density at radius 3 is 2.32 bits per heavy atom. The normalized spacial score (nSPS) is 14.9. The number of aliphatic carboxylic acids is 1. The minimum Gasteiger partial charge on any atom is -0.480 e. The predicted molar refractivity (Wildman–Crippen MR) is 79.6 cm³/mol. The fourth-order valence-corrected chi connectivity index (χ4v) is 1.85. The van der Waals surface area contributed by atoms with Gasteiger partial charge in [-0.15, -0.1) is 0 Å². The molecule has 1 unspecified atom stereocenters. The van der Waals surface area contributed by atoms with Crippen LogP contribution in [0.3, 0.4) is 0 Å². The number of carboxylic acid groups (broad SMARTS) is 1. The molecule has 19 heavy (non-hydrogen) atoms. The lowest BCUT2D eigenvalue weighted by atomic mass is 9.97. The number of hydrogen-bond acceptors (Lipinski definition) is 4. The van der Waals surface area contributed by atoms with E-state index in [-0.39, 0.29) is 0 Å². The molecule has 0 aromatic carbocycles. The van der Waals surface area contributed by atoms with Gasteiger partial charge in [0.1, 0.15) is 5.54 Å². The summed E-state index contributed by atoms with van der Waals surface area (Å²) in [6.07, 6.45) is 2.68. The van der Waals surface area contributed by atoms with Gasteiger partial charge in [-0.2, -0.15) is 0 Å². The van der Waals surface area contributed by atoms with Gasteiger partial charge in [0.2, 0.25) is 0 Å². The smallest absolute Gasteiger partial charge is 0.323 e. The van der Waals surface area contributed by atoms with Crippen LogP contribution in [0.2, 0.25) is 0 Å². The molecule has 1 atom stereocenters. The monoisotopic (exact) mass is 273 g/mol. The molecule has 0 fully saturated rings. The van der Waals surface area contributed by atoms with Crippen LogP contribution >= 0.6 is 0 Å². The van der Waals surface area contributed by atoms with Crippen molar-refractivity contribution in [3.05, 3.63) is 0 Å². The van der Waals surface area contributed by atoms with Crippen molar-refractivity contribution in [2.24, 2.45) is 0 Å². The van der Waals surface area contributed by atoms with E-state index in [2.05, 4.69) is 36.3 Å². The van der Waals surface area contributed by atoms with Crippen molar-refractivity contribution in [2.75, 3.05) is 47.3 Å². The largest absolute Gasteiger partial charge is 0.480 e. The predicted octanol–water partition coefficient (Wildman–Crippen LogP) is 1.10. The third-order valence-electron chi connectivity index (χ3n) is 3.38. The summed E-state index contributed by atoms with van der Waals surface area (Å²) in [6.45, 7) is 7.43. The number of hydrogen-bond donors (Lipinski definition) is 2. The second-order valence-electron chi connectivity index (χ2n) is 5.77. The molecule has 5 heteroatoms. The SMILES string of the molecule is CCCNC(C)(CCN(C)CCCN(C)C)C(=O)O. The summed E-state index contributed by atoms with van der Waals surface area (Å²) >= 11 is 0. The van der Waals surface area contributed by atoms with Gasteiger partial charge in [-0.25, -0.2) is 0 Å². The van der Waals surface area contributed by atoms with E-state index >= 15 is 0 Å². The van der Waals surface area contributed by atoms with Crippen LogP contribution in [0, 0.1) is 0 Å². The van der Waals surface area contributed by atoms with Gasteiger partial charge in [0, 0.05) is 6.54 Å². The van der Waals surface area contributed by atoms with Crippen molar-refractivity contribution in [1.29, 1.82) is 0 Å². The lowest BCUT2D eigenvalue weighted by Gasteiger charge is -2.28. The molecule has 5 nitrogen and oxygen atoms in total. The van der Waals surface area contributed by atoms with Gasteiger partial charge < -0.3 is 20.2 Å². The molecule has 0 radical (unpaired) electrons. The number of nitrogens with zero attached hydrogens (tertiary/aromatic N) is 2. The summed E-state index contributed by atoms with van der Waals surface area (Å²) in [5, 5.41) is 12.5. The Hall–Kier alpha value is -0.650. The van der Waals surface area contributed by atoms with E-state index in [9.17, 15) is 9.90 Å². The van der Waals surface area contributed by atoms with E-state index in [1.54, 1.807) is 6.92 Å². The van der Waals surface area contributed by atoms with Crippen LogP contribution < -0.4 is 5.32 Å². The zero-order chi connectivity index (χ0) is 14.9. The zero-order valence-corrected chi connectivity index (χ0v) is 13.2. The maximum absolute atomic E-state index is 11.4. The second-order valence-corrected chi connectivity index (χ2v) is 5.77. The third kappa shape index (κ3) is 8.18. The summed E-state index contributed by atoms with van der Waals surface area (Å²) in [6, 6.07) is 0. The van der Waals surface area contributed by atoms with Crippen molar-refractivity contribution in [2.45, 2.75) is 38.6 Å². The number of carboxylic acids is 1. The first-order chi connectivity index (χ1) is 8.81. The van der Waals surface area contributed by atoms with Crippen LogP contribution in [0.1, 0.15) is 33.1 Å². The van der Waals surface area contributed by atoms with E-state index < -0.39 is 11.5 Å². The third-order valence-corrected chi connectivity index (χ3v) is 3.38. The molecule has 0 bridgehead atoms. The highest BCUT2D eigenvalue weighted by Gasteiger charge is 2.31. The Morgan fingerprint density at radius 1 is 1.21 bits per heavy atom. The molecule has 114 valence electrons. The molecule has 0 heterocycles. The summed E-state index contributed by atoms with van der Waals surface area (Å²) in [7, 11) is 6.18. The van der Waals surface area contributed by atoms with Gasteiger partial charge in [-0.1, -0.05) is 6.92 Å². The van der Waals surface area contributed by atoms with Gasteiger partial charge in [0.25, 0.3) is 0 Å². The molecule has 0 aliphatic carbocycles. The van der Waals surface area contributed by atoms with Crippen molar-refractivity contribution in [3.63, 3.8) is 0 Å². The summed E-state index contributed by atoms with van der Waals surface area (Å²) in [5.74, 6) is -0.761. The highest BCUT2D eigenvalue weighted by Crippen LogP contribution is 2.11. The molecule has 0 aromatic rings. The first kappa shape index (κ1) is 18.4. The lowest BCUT2D eigenvalue weighted by Crippen LogP contribution is -2.51. The average Bonchev–Trinajstić information content (AvgIpc) is 2.33. The van der Waals surface area contributed by atoms with Crippen LogP contribution in [-0.4, -0.2) is 73.7 Å². The maximum Gasteiger partial charge on any atom is 0.323 e. The maximum atomic E-state index is 11.4. The molecule has 0 saturated carbocycles. The Balaban J connectivity index is 4.06. The fourth-order valence-electron chi connectivity index (χ4n) is 1.85. The van der Waals surface area contributed by atoms with Gasteiger partial charge >= 0.3 is 5.97 Å². The molecular formula is C14H31N3O2. The Kier molecular flexibility index (Phi) is 8.97. The van der Waals surface area contributed by atoms with E-state index in [4.69, 9.17) is 0 Å². The molecule has 0 saturated heterocycles. The number of rotatable bonds is 11. The van der Waals surface area contributed by atoms with Crippen molar-refractivity contribution in [3.8, 4) is 0 Å². The summed E-state index contributed by atoms with van der Waals surface area (Å²) < 4.78 is 0. The van der Waals surface area contributed by atoms with Crippen molar-refractivity contribution < 1.29 is 9.90 Å². The fraction of sp³-hybridized carbons (Fsp3) is 0.929. The molecular weight excluding hydrogens is 242 g/mol. The van der Waals surface area contributed by atoms with E-state index in [0.29, 0.717) is 6.42 Å². The van der Waals surface area contributed by atoms with Crippen LogP contribution in [0.5, 0.6) is 0 Å². The highest BCUT2D eigenvalue weighted by molar-refractivity contribution is 5.78.